The SMILES string of the molecule is CCS(=O)(=O)N(C)CC(=O)Nc1ccc(C(=O)NCCC(=O)O)cc1. The first-order chi connectivity index (χ1) is 11.7. The number of likely N-dealkylation sites (N-methyl/N-ethyl adjacent to an activating group) is 1. The van der Waals surface area contributed by atoms with E-state index >= 15 is 0 Å². The van der Waals surface area contributed by atoms with Gasteiger partial charge in [-0.2, -0.15) is 4.31 Å². The summed E-state index contributed by atoms with van der Waals surface area (Å²) in [5.74, 6) is -2.03. The van der Waals surface area contributed by atoms with Crippen LogP contribution in [-0.4, -0.2) is 61.5 Å². The standard InChI is InChI=1S/C15H21N3O6S/c1-3-25(23,24)18(2)10-13(19)17-12-6-4-11(5-7-12)15(22)16-9-8-14(20)21/h4-7H,3,8-10H2,1-2H3,(H,16,22)(H,17,19)(H,20,21). The Labute approximate surface area is 146 Å². The van der Waals surface area contributed by atoms with Gasteiger partial charge >= 0.3 is 5.97 Å². The topological polar surface area (TPSA) is 133 Å². The number of amides is 2. The van der Waals surface area contributed by atoms with Gasteiger partial charge in [-0.05, 0) is 31.2 Å². The molecule has 0 heterocycles. The van der Waals surface area contributed by atoms with Crippen LogP contribution in [0.5, 0.6) is 0 Å². The van der Waals surface area contributed by atoms with Crippen LogP contribution in [-0.2, 0) is 19.6 Å². The number of aliphatic carboxylic acids is 1. The molecule has 1 aromatic carbocycles. The van der Waals surface area contributed by atoms with Gasteiger partial charge in [0.2, 0.25) is 15.9 Å². The molecule has 0 aliphatic heterocycles. The van der Waals surface area contributed by atoms with Crippen molar-refractivity contribution in [1.82, 2.24) is 9.62 Å². The minimum atomic E-state index is -3.44. The number of carbonyl (C=O) groups excluding carboxylic acids is 2. The fraction of sp³-hybridized carbons (Fsp3) is 0.400. The Morgan fingerprint density at radius 1 is 1.16 bits per heavy atom. The number of carbonyl (C=O) groups is 3. The van der Waals surface area contributed by atoms with Crippen LogP contribution in [0, 0.1) is 0 Å². The monoisotopic (exact) mass is 371 g/mol. The average Bonchev–Trinajstić information content (AvgIpc) is 2.54. The highest BCUT2D eigenvalue weighted by Crippen LogP contribution is 2.10. The molecule has 3 N–H and O–H groups in total. The Morgan fingerprint density at radius 3 is 2.28 bits per heavy atom. The number of rotatable bonds is 9. The quantitative estimate of drug-likeness (QED) is 0.564. The molecule has 2 amide bonds. The summed E-state index contributed by atoms with van der Waals surface area (Å²) in [6.45, 7) is 1.20. The lowest BCUT2D eigenvalue weighted by Crippen LogP contribution is -2.35. The minimum absolute atomic E-state index is 0.0187. The van der Waals surface area contributed by atoms with E-state index < -0.39 is 27.8 Å². The van der Waals surface area contributed by atoms with Gasteiger partial charge in [-0.1, -0.05) is 0 Å². The summed E-state index contributed by atoms with van der Waals surface area (Å²) in [5, 5.41) is 13.5. The summed E-state index contributed by atoms with van der Waals surface area (Å²) < 4.78 is 24.2. The van der Waals surface area contributed by atoms with E-state index in [4.69, 9.17) is 5.11 Å². The summed E-state index contributed by atoms with van der Waals surface area (Å²) in [6, 6.07) is 5.94. The fourth-order valence-corrected chi connectivity index (χ4v) is 2.57. The molecule has 0 saturated carbocycles. The molecule has 0 fully saturated rings. The molecule has 0 spiro atoms. The lowest BCUT2D eigenvalue weighted by Gasteiger charge is -2.15. The first kappa shape index (κ1) is 20.6. The molecule has 0 atom stereocenters. The Balaban J connectivity index is 2.57. The van der Waals surface area contributed by atoms with Crippen LogP contribution in [0.2, 0.25) is 0 Å². The van der Waals surface area contributed by atoms with E-state index in [1.165, 1.54) is 38.2 Å². The molecule has 0 aliphatic rings. The van der Waals surface area contributed by atoms with Crippen molar-refractivity contribution in [3.05, 3.63) is 29.8 Å². The predicted molar refractivity (Wildman–Crippen MR) is 91.7 cm³/mol. The zero-order chi connectivity index (χ0) is 19.0. The van der Waals surface area contributed by atoms with Crippen molar-refractivity contribution in [2.75, 3.05) is 31.2 Å². The van der Waals surface area contributed by atoms with E-state index in [-0.39, 0.29) is 25.3 Å². The Hall–Kier alpha value is -2.46. The fourth-order valence-electron chi connectivity index (χ4n) is 1.81. The van der Waals surface area contributed by atoms with E-state index in [1.54, 1.807) is 0 Å². The lowest BCUT2D eigenvalue weighted by molar-refractivity contribution is -0.136. The number of carboxylic acids is 1. The molecule has 0 radical (unpaired) electrons. The molecule has 0 saturated heterocycles. The first-order valence-corrected chi connectivity index (χ1v) is 9.10. The zero-order valence-corrected chi connectivity index (χ0v) is 14.8. The summed E-state index contributed by atoms with van der Waals surface area (Å²) in [4.78, 5) is 34.0. The predicted octanol–water partition coefficient (Wildman–Crippen LogP) is 0.111. The second-order valence-corrected chi connectivity index (χ2v) is 7.55. The van der Waals surface area contributed by atoms with E-state index in [0.717, 1.165) is 4.31 Å². The summed E-state index contributed by atoms with van der Waals surface area (Å²) >= 11 is 0. The van der Waals surface area contributed by atoms with E-state index in [1.807, 2.05) is 0 Å². The maximum absolute atomic E-state index is 11.9. The van der Waals surface area contributed by atoms with Gasteiger partial charge in [-0.15, -0.1) is 0 Å². The van der Waals surface area contributed by atoms with Crippen molar-refractivity contribution in [3.63, 3.8) is 0 Å². The van der Waals surface area contributed by atoms with Crippen LogP contribution in [0.1, 0.15) is 23.7 Å². The maximum Gasteiger partial charge on any atom is 0.305 e. The largest absolute Gasteiger partial charge is 0.481 e. The van der Waals surface area contributed by atoms with Crippen LogP contribution in [0.15, 0.2) is 24.3 Å². The molecule has 10 heteroatoms. The van der Waals surface area contributed by atoms with Crippen molar-refractivity contribution in [3.8, 4) is 0 Å². The van der Waals surface area contributed by atoms with Crippen molar-refractivity contribution < 1.29 is 27.9 Å². The molecule has 0 unspecified atom stereocenters. The molecule has 0 aromatic heterocycles. The molecule has 9 nitrogen and oxygen atoms in total. The summed E-state index contributed by atoms with van der Waals surface area (Å²) in [5.41, 5.74) is 0.725. The molecule has 25 heavy (non-hydrogen) atoms. The van der Waals surface area contributed by atoms with Crippen molar-refractivity contribution >= 4 is 33.5 Å². The molecule has 0 bridgehead atoms. The van der Waals surface area contributed by atoms with Crippen LogP contribution in [0.25, 0.3) is 0 Å². The van der Waals surface area contributed by atoms with Gasteiger partial charge in [0.15, 0.2) is 0 Å². The van der Waals surface area contributed by atoms with E-state index in [0.29, 0.717) is 11.3 Å². The maximum atomic E-state index is 11.9. The average molecular weight is 371 g/mol. The first-order valence-electron chi connectivity index (χ1n) is 7.49. The highest BCUT2D eigenvalue weighted by atomic mass is 32.2. The Bertz CT molecular complexity index is 730. The molecule has 1 rings (SSSR count). The van der Waals surface area contributed by atoms with E-state index in [9.17, 15) is 22.8 Å². The number of nitrogens with one attached hydrogen (secondary N) is 2. The van der Waals surface area contributed by atoms with Crippen molar-refractivity contribution in [2.45, 2.75) is 13.3 Å². The van der Waals surface area contributed by atoms with Gasteiger partial charge in [0.25, 0.3) is 5.91 Å². The third-order valence-corrected chi connectivity index (χ3v) is 5.07. The van der Waals surface area contributed by atoms with Crippen LogP contribution in [0.4, 0.5) is 5.69 Å². The lowest BCUT2D eigenvalue weighted by atomic mass is 10.2. The summed E-state index contributed by atoms with van der Waals surface area (Å²) in [7, 11) is -2.12. The normalized spacial score (nSPS) is 11.2. The second kappa shape index (κ2) is 9.14. The highest BCUT2D eigenvalue weighted by molar-refractivity contribution is 7.89. The van der Waals surface area contributed by atoms with Crippen molar-refractivity contribution in [2.24, 2.45) is 0 Å². The van der Waals surface area contributed by atoms with E-state index in [2.05, 4.69) is 10.6 Å². The molecule has 138 valence electrons. The number of anilines is 1. The smallest absolute Gasteiger partial charge is 0.305 e. The van der Waals surface area contributed by atoms with Crippen molar-refractivity contribution in [1.29, 1.82) is 0 Å². The molecule has 1 aromatic rings. The molecule has 0 aliphatic carbocycles. The van der Waals surface area contributed by atoms with Crippen LogP contribution < -0.4 is 10.6 Å². The minimum Gasteiger partial charge on any atom is -0.481 e. The number of hydrogen-bond acceptors (Lipinski definition) is 5. The van der Waals surface area contributed by atoms with Gasteiger partial charge in [0.05, 0.1) is 18.7 Å². The summed E-state index contributed by atoms with van der Waals surface area (Å²) in [6.07, 6.45) is -0.173. The third-order valence-electron chi connectivity index (χ3n) is 3.26. The Kier molecular flexibility index (Phi) is 7.52. The molecular weight excluding hydrogens is 350 g/mol. The second-order valence-electron chi connectivity index (χ2n) is 5.18. The number of sulfonamides is 1. The number of nitrogens with zero attached hydrogens (tertiary/aromatic N) is 1. The highest BCUT2D eigenvalue weighted by Gasteiger charge is 2.18. The molecular formula is C15H21N3O6S. The zero-order valence-electron chi connectivity index (χ0n) is 14.0. The number of benzene rings is 1. The Morgan fingerprint density at radius 2 is 1.76 bits per heavy atom. The van der Waals surface area contributed by atoms with Gasteiger partial charge in [-0.3, -0.25) is 14.4 Å². The third kappa shape index (κ3) is 6.89. The van der Waals surface area contributed by atoms with Crippen LogP contribution >= 0.6 is 0 Å². The van der Waals surface area contributed by atoms with Gasteiger partial charge < -0.3 is 15.7 Å². The van der Waals surface area contributed by atoms with Gasteiger partial charge in [0, 0.05) is 24.8 Å². The van der Waals surface area contributed by atoms with Crippen LogP contribution in [0.3, 0.4) is 0 Å². The van der Waals surface area contributed by atoms with Gasteiger partial charge in [-0.25, -0.2) is 8.42 Å². The van der Waals surface area contributed by atoms with Gasteiger partial charge in [0.1, 0.15) is 0 Å². The number of carboxylic acid groups (broad SMARTS) is 1. The number of hydrogen-bond donors (Lipinski definition) is 3.